The lowest BCUT2D eigenvalue weighted by molar-refractivity contribution is 0.372. The molecular weight excluding hydrogens is 406 g/mol. The van der Waals surface area contributed by atoms with Gasteiger partial charge in [0.05, 0.1) is 12.8 Å². The number of benzene rings is 3. The van der Waals surface area contributed by atoms with E-state index in [9.17, 15) is 0 Å². The van der Waals surface area contributed by atoms with Gasteiger partial charge in [-0.3, -0.25) is 4.99 Å². The molecule has 1 aliphatic rings. The summed E-state index contributed by atoms with van der Waals surface area (Å²) in [6, 6.07) is 22.8. The summed E-state index contributed by atoms with van der Waals surface area (Å²) >= 11 is 0. The summed E-state index contributed by atoms with van der Waals surface area (Å²) in [7, 11) is 1.74. The van der Waals surface area contributed by atoms with Gasteiger partial charge in [0, 0.05) is 47.0 Å². The van der Waals surface area contributed by atoms with Gasteiger partial charge >= 0.3 is 0 Å². The SMILES string of the molecule is CCCN1c2cc(OC)c(C=Nc3ccc(Nc4ccccc4)cc3)cc2C(C)CC1(C)C. The van der Waals surface area contributed by atoms with Crippen LogP contribution in [0, 0.1) is 0 Å². The minimum atomic E-state index is 0.137. The maximum Gasteiger partial charge on any atom is 0.129 e. The fourth-order valence-electron chi connectivity index (χ4n) is 4.91. The second-order valence-corrected chi connectivity index (χ2v) is 9.52. The molecule has 3 aromatic carbocycles. The zero-order valence-electron chi connectivity index (χ0n) is 20.4. The number of para-hydroxylation sites is 1. The van der Waals surface area contributed by atoms with Crippen LogP contribution in [-0.4, -0.2) is 25.4 Å². The van der Waals surface area contributed by atoms with Crippen LogP contribution in [0.4, 0.5) is 22.7 Å². The van der Waals surface area contributed by atoms with Crippen molar-refractivity contribution in [3.63, 3.8) is 0 Å². The molecule has 1 atom stereocenters. The normalized spacial score (nSPS) is 17.1. The fraction of sp³-hybridized carbons (Fsp3) is 0.345. The first-order chi connectivity index (χ1) is 15.9. The van der Waals surface area contributed by atoms with Crippen LogP contribution >= 0.6 is 0 Å². The predicted molar refractivity (Wildman–Crippen MR) is 141 cm³/mol. The van der Waals surface area contributed by atoms with E-state index in [0.29, 0.717) is 5.92 Å². The number of methoxy groups -OCH3 is 1. The maximum absolute atomic E-state index is 5.79. The molecule has 0 bridgehead atoms. The van der Waals surface area contributed by atoms with Crippen LogP contribution in [-0.2, 0) is 0 Å². The van der Waals surface area contributed by atoms with E-state index in [-0.39, 0.29) is 5.54 Å². The van der Waals surface area contributed by atoms with Crippen LogP contribution in [0.3, 0.4) is 0 Å². The monoisotopic (exact) mass is 441 g/mol. The van der Waals surface area contributed by atoms with E-state index in [2.05, 4.69) is 74.3 Å². The maximum atomic E-state index is 5.79. The number of hydrogen-bond acceptors (Lipinski definition) is 4. The summed E-state index contributed by atoms with van der Waals surface area (Å²) < 4.78 is 5.79. The Hall–Kier alpha value is -3.27. The van der Waals surface area contributed by atoms with Crippen molar-refractivity contribution in [3.8, 4) is 5.75 Å². The summed E-state index contributed by atoms with van der Waals surface area (Å²) in [5.41, 5.74) is 6.86. The molecule has 4 heteroatoms. The van der Waals surface area contributed by atoms with Gasteiger partial charge in [0.1, 0.15) is 5.75 Å². The molecule has 3 aromatic rings. The van der Waals surface area contributed by atoms with E-state index in [0.717, 1.165) is 47.8 Å². The highest BCUT2D eigenvalue weighted by atomic mass is 16.5. The molecule has 0 saturated heterocycles. The van der Waals surface area contributed by atoms with Crippen molar-refractivity contribution in [2.45, 2.75) is 52.0 Å². The second-order valence-electron chi connectivity index (χ2n) is 9.52. The average molecular weight is 442 g/mol. The topological polar surface area (TPSA) is 36.9 Å². The van der Waals surface area contributed by atoms with Crippen molar-refractivity contribution >= 4 is 29.0 Å². The molecule has 1 N–H and O–H groups in total. The molecular formula is C29H35N3O. The molecule has 0 radical (unpaired) electrons. The van der Waals surface area contributed by atoms with Gasteiger partial charge in [0.2, 0.25) is 0 Å². The third kappa shape index (κ3) is 5.05. The van der Waals surface area contributed by atoms with E-state index in [1.807, 2.05) is 36.5 Å². The summed E-state index contributed by atoms with van der Waals surface area (Å²) in [5.74, 6) is 1.36. The molecule has 0 aromatic heterocycles. The van der Waals surface area contributed by atoms with Gasteiger partial charge in [-0.25, -0.2) is 0 Å². The molecule has 0 saturated carbocycles. The standard InChI is InChI=1S/C29H35N3O/c1-6-16-32-27-18-28(33-5)22(17-26(27)21(2)19-29(32,3)4)20-30-23-12-14-25(15-13-23)31-24-10-8-7-9-11-24/h7-15,17-18,20-21,31H,6,16,19H2,1-5H3. The van der Waals surface area contributed by atoms with Crippen LogP contribution in [0.5, 0.6) is 5.75 Å². The van der Waals surface area contributed by atoms with Gasteiger partial charge in [0.25, 0.3) is 0 Å². The molecule has 172 valence electrons. The lowest BCUT2D eigenvalue weighted by Crippen LogP contribution is -2.48. The summed E-state index contributed by atoms with van der Waals surface area (Å²) in [6.45, 7) is 10.3. The Balaban J connectivity index is 1.59. The van der Waals surface area contributed by atoms with Gasteiger partial charge in [-0.1, -0.05) is 32.0 Å². The third-order valence-electron chi connectivity index (χ3n) is 6.47. The number of aliphatic imine (C=N–C) groups is 1. The molecule has 4 rings (SSSR count). The Bertz CT molecular complexity index is 1100. The second kappa shape index (κ2) is 9.70. The Kier molecular flexibility index (Phi) is 6.73. The lowest BCUT2D eigenvalue weighted by Gasteiger charge is -2.47. The third-order valence-corrected chi connectivity index (χ3v) is 6.47. The van der Waals surface area contributed by atoms with Gasteiger partial charge < -0.3 is 15.0 Å². The Morgan fingerprint density at radius 1 is 1.06 bits per heavy atom. The van der Waals surface area contributed by atoms with Crippen molar-refractivity contribution < 1.29 is 4.74 Å². The summed E-state index contributed by atoms with van der Waals surface area (Å²) in [4.78, 5) is 7.29. The van der Waals surface area contributed by atoms with E-state index < -0.39 is 0 Å². The smallest absolute Gasteiger partial charge is 0.129 e. The van der Waals surface area contributed by atoms with Crippen molar-refractivity contribution in [1.29, 1.82) is 0 Å². The molecule has 0 amide bonds. The van der Waals surface area contributed by atoms with Crippen molar-refractivity contribution in [2.75, 3.05) is 23.9 Å². The Morgan fingerprint density at radius 3 is 2.42 bits per heavy atom. The zero-order valence-corrected chi connectivity index (χ0v) is 20.4. The molecule has 1 unspecified atom stereocenters. The van der Waals surface area contributed by atoms with Crippen LogP contribution in [0.1, 0.15) is 57.6 Å². The van der Waals surface area contributed by atoms with Gasteiger partial charge in [-0.05, 0) is 80.6 Å². The largest absolute Gasteiger partial charge is 0.496 e. The summed E-state index contributed by atoms with van der Waals surface area (Å²) in [5, 5.41) is 3.41. The predicted octanol–water partition coefficient (Wildman–Crippen LogP) is 7.69. The molecule has 4 nitrogen and oxygen atoms in total. The number of nitrogens with one attached hydrogen (secondary N) is 1. The highest BCUT2D eigenvalue weighted by Gasteiger charge is 2.36. The van der Waals surface area contributed by atoms with Crippen molar-refractivity contribution in [2.24, 2.45) is 4.99 Å². The van der Waals surface area contributed by atoms with Crippen LogP contribution < -0.4 is 15.0 Å². The number of anilines is 3. The van der Waals surface area contributed by atoms with Gasteiger partial charge in [-0.2, -0.15) is 0 Å². The number of rotatable bonds is 7. The fourth-order valence-corrected chi connectivity index (χ4v) is 4.91. The quantitative estimate of drug-likeness (QED) is 0.382. The molecule has 1 aliphatic heterocycles. The molecule has 1 heterocycles. The zero-order chi connectivity index (χ0) is 23.4. The Labute approximate surface area is 198 Å². The van der Waals surface area contributed by atoms with Gasteiger partial charge in [0.15, 0.2) is 0 Å². The van der Waals surface area contributed by atoms with Crippen molar-refractivity contribution in [3.05, 3.63) is 77.9 Å². The minimum absolute atomic E-state index is 0.137. The number of ether oxygens (including phenoxy) is 1. The van der Waals surface area contributed by atoms with E-state index in [1.165, 1.54) is 11.3 Å². The van der Waals surface area contributed by atoms with Crippen LogP contribution in [0.25, 0.3) is 0 Å². The first-order valence-corrected chi connectivity index (χ1v) is 11.9. The molecule has 0 aliphatic carbocycles. The van der Waals surface area contributed by atoms with Crippen LogP contribution in [0.15, 0.2) is 71.7 Å². The number of nitrogens with zero attached hydrogens (tertiary/aromatic N) is 2. The van der Waals surface area contributed by atoms with Gasteiger partial charge in [-0.15, -0.1) is 0 Å². The highest BCUT2D eigenvalue weighted by Crippen LogP contribution is 2.45. The van der Waals surface area contributed by atoms with E-state index in [1.54, 1.807) is 7.11 Å². The summed E-state index contributed by atoms with van der Waals surface area (Å²) in [6.07, 6.45) is 4.19. The van der Waals surface area contributed by atoms with Crippen molar-refractivity contribution in [1.82, 2.24) is 0 Å². The number of fused-ring (bicyclic) bond motifs is 1. The molecule has 0 fully saturated rings. The number of hydrogen-bond donors (Lipinski definition) is 1. The Morgan fingerprint density at radius 2 is 1.76 bits per heavy atom. The molecule has 0 spiro atoms. The first kappa shape index (κ1) is 22.9. The first-order valence-electron chi connectivity index (χ1n) is 11.9. The van der Waals surface area contributed by atoms with Crippen LogP contribution in [0.2, 0.25) is 0 Å². The van der Waals surface area contributed by atoms with E-state index in [4.69, 9.17) is 9.73 Å². The minimum Gasteiger partial charge on any atom is -0.496 e. The van der Waals surface area contributed by atoms with E-state index >= 15 is 0 Å². The lowest BCUT2D eigenvalue weighted by atomic mass is 9.79. The molecule has 33 heavy (non-hydrogen) atoms. The highest BCUT2D eigenvalue weighted by molar-refractivity contribution is 5.88. The average Bonchev–Trinajstić information content (AvgIpc) is 2.81.